The molecule has 1 rings (SSSR count). The Hall–Kier alpha value is -0.620. The van der Waals surface area contributed by atoms with Crippen molar-refractivity contribution in [3.05, 3.63) is 0 Å². The van der Waals surface area contributed by atoms with Crippen molar-refractivity contribution < 1.29 is 19.2 Å². The van der Waals surface area contributed by atoms with Gasteiger partial charge in [0, 0.05) is 13.1 Å². The van der Waals surface area contributed by atoms with Gasteiger partial charge in [0.05, 0.1) is 0 Å². The van der Waals surface area contributed by atoms with E-state index < -0.39 is 7.82 Å². The summed E-state index contributed by atoms with van der Waals surface area (Å²) in [6.45, 7) is 1.96. The first-order valence-corrected chi connectivity index (χ1v) is 4.24. The third-order valence-corrected chi connectivity index (χ3v) is 0.788. The Kier molecular flexibility index (Phi) is 3.47. The van der Waals surface area contributed by atoms with Crippen LogP contribution in [0.25, 0.3) is 0 Å². The van der Waals surface area contributed by atoms with E-state index in [9.17, 15) is 0 Å². The molecule has 0 atom stereocenters. The van der Waals surface area contributed by atoms with Crippen LogP contribution in [0, 0.1) is 5.41 Å². The van der Waals surface area contributed by atoms with E-state index in [-0.39, 0.29) is 5.96 Å². The van der Waals surface area contributed by atoms with Crippen molar-refractivity contribution in [1.29, 1.82) is 5.41 Å². The molecule has 0 radical (unpaired) electrons. The van der Waals surface area contributed by atoms with E-state index in [0.29, 0.717) is 0 Å². The van der Waals surface area contributed by atoms with Gasteiger partial charge in [-0.3, -0.25) is 5.41 Å². The SMILES string of the molecule is N=C(N)N1CC1.O=P(O)(O)O. The van der Waals surface area contributed by atoms with Crippen LogP contribution in [0.2, 0.25) is 0 Å². The standard InChI is InChI=1S/C3H7N3.H3O4P/c4-3(5)6-1-2-6;1-5(2,3)4/h1-2H2,(H3,4,5);(H3,1,2,3,4). The van der Waals surface area contributed by atoms with Crippen LogP contribution >= 0.6 is 7.82 Å². The molecule has 1 saturated heterocycles. The highest BCUT2D eigenvalue weighted by molar-refractivity contribution is 7.45. The van der Waals surface area contributed by atoms with E-state index in [1.807, 2.05) is 0 Å². The normalized spacial score (nSPS) is 15.0. The quantitative estimate of drug-likeness (QED) is 0.131. The first-order valence-electron chi connectivity index (χ1n) is 2.68. The number of nitrogens with zero attached hydrogens (tertiary/aromatic N) is 1. The highest BCUT2D eigenvalue weighted by atomic mass is 31.2. The van der Waals surface area contributed by atoms with Crippen LogP contribution in [0.4, 0.5) is 0 Å². The fraction of sp³-hybridized carbons (Fsp3) is 0.667. The summed E-state index contributed by atoms with van der Waals surface area (Å²) in [7, 11) is -4.64. The highest BCUT2D eigenvalue weighted by Crippen LogP contribution is 2.25. The van der Waals surface area contributed by atoms with Crippen LogP contribution in [-0.2, 0) is 4.57 Å². The lowest BCUT2D eigenvalue weighted by Crippen LogP contribution is -2.19. The van der Waals surface area contributed by atoms with Gasteiger partial charge in [-0.15, -0.1) is 0 Å². The topological polar surface area (TPSA) is 131 Å². The van der Waals surface area contributed by atoms with Gasteiger partial charge in [0.1, 0.15) is 0 Å². The number of nitrogens with one attached hydrogen (secondary N) is 1. The summed E-state index contributed by atoms with van der Waals surface area (Å²) in [5.41, 5.74) is 5.01. The van der Waals surface area contributed by atoms with Crippen LogP contribution in [0.5, 0.6) is 0 Å². The van der Waals surface area contributed by atoms with Gasteiger partial charge >= 0.3 is 7.82 Å². The molecule has 0 spiro atoms. The van der Waals surface area contributed by atoms with Gasteiger partial charge in [-0.2, -0.15) is 0 Å². The molecule has 1 aliphatic heterocycles. The molecule has 0 aromatic rings. The predicted octanol–water partition coefficient (Wildman–Crippen LogP) is -1.73. The van der Waals surface area contributed by atoms with Crippen molar-refractivity contribution in [2.75, 3.05) is 13.1 Å². The van der Waals surface area contributed by atoms with E-state index in [1.54, 1.807) is 4.90 Å². The Morgan fingerprint density at radius 1 is 1.45 bits per heavy atom. The number of hydrogen-bond acceptors (Lipinski definition) is 2. The van der Waals surface area contributed by atoms with Crippen LogP contribution in [0.1, 0.15) is 0 Å². The van der Waals surface area contributed by atoms with E-state index in [0.717, 1.165) is 13.1 Å². The third-order valence-electron chi connectivity index (χ3n) is 0.788. The number of hydrogen-bond donors (Lipinski definition) is 5. The molecule has 8 heteroatoms. The first kappa shape index (κ1) is 10.4. The summed E-state index contributed by atoms with van der Waals surface area (Å²) < 4.78 is 8.88. The van der Waals surface area contributed by atoms with E-state index in [4.69, 9.17) is 30.4 Å². The second-order valence-electron chi connectivity index (χ2n) is 1.89. The van der Waals surface area contributed by atoms with Crippen molar-refractivity contribution in [2.24, 2.45) is 5.73 Å². The third kappa shape index (κ3) is 12.6. The van der Waals surface area contributed by atoms with Crippen LogP contribution in [0.3, 0.4) is 0 Å². The minimum absolute atomic E-state index is 0.204. The number of guanidine groups is 1. The maximum atomic E-state index is 8.88. The molecule has 1 aliphatic rings. The summed E-state index contributed by atoms with van der Waals surface area (Å²) in [4.78, 5) is 23.3. The maximum absolute atomic E-state index is 8.88. The second kappa shape index (κ2) is 3.68. The van der Waals surface area contributed by atoms with Crippen molar-refractivity contribution in [2.45, 2.75) is 0 Å². The largest absolute Gasteiger partial charge is 0.466 e. The van der Waals surface area contributed by atoms with Crippen LogP contribution in [0.15, 0.2) is 0 Å². The molecule has 0 bridgehead atoms. The molecule has 0 amide bonds. The van der Waals surface area contributed by atoms with Crippen molar-refractivity contribution >= 4 is 13.8 Å². The Morgan fingerprint density at radius 2 is 1.73 bits per heavy atom. The highest BCUT2D eigenvalue weighted by Gasteiger charge is 2.17. The maximum Gasteiger partial charge on any atom is 0.466 e. The Bertz CT molecular complexity index is 177. The summed E-state index contributed by atoms with van der Waals surface area (Å²) >= 11 is 0. The fourth-order valence-electron chi connectivity index (χ4n) is 0.291. The predicted molar refractivity (Wildman–Crippen MR) is 37.8 cm³/mol. The Morgan fingerprint density at radius 3 is 1.73 bits per heavy atom. The monoisotopic (exact) mass is 183 g/mol. The minimum Gasteiger partial charge on any atom is -0.370 e. The summed E-state index contributed by atoms with van der Waals surface area (Å²) in [6.07, 6.45) is 0. The fourth-order valence-corrected chi connectivity index (χ4v) is 0.291. The molecule has 1 heterocycles. The zero-order valence-corrected chi connectivity index (χ0v) is 6.53. The molecule has 0 aromatic heterocycles. The number of phosphoric acid groups is 1. The van der Waals surface area contributed by atoms with E-state index in [1.165, 1.54) is 0 Å². The molecule has 0 unspecified atom stereocenters. The zero-order chi connectivity index (χ0) is 9.07. The van der Waals surface area contributed by atoms with Gasteiger partial charge in [-0.1, -0.05) is 0 Å². The molecule has 0 aliphatic carbocycles. The molecule has 1 fully saturated rings. The lowest BCUT2D eigenvalue weighted by Gasteiger charge is -1.90. The Labute approximate surface area is 63.2 Å². The average molecular weight is 183 g/mol. The summed E-state index contributed by atoms with van der Waals surface area (Å²) in [5.74, 6) is 0.204. The average Bonchev–Trinajstić information content (AvgIpc) is 2.34. The molecule has 11 heavy (non-hydrogen) atoms. The van der Waals surface area contributed by atoms with Gasteiger partial charge in [-0.25, -0.2) is 4.57 Å². The van der Waals surface area contributed by atoms with Crippen molar-refractivity contribution in [3.63, 3.8) is 0 Å². The summed E-state index contributed by atoms with van der Waals surface area (Å²) in [5, 5.41) is 6.72. The first-order chi connectivity index (χ1) is 4.80. The number of rotatable bonds is 0. The van der Waals surface area contributed by atoms with Gasteiger partial charge in [0.15, 0.2) is 5.96 Å². The van der Waals surface area contributed by atoms with Crippen molar-refractivity contribution in [3.8, 4) is 0 Å². The molecule has 0 aromatic carbocycles. The second-order valence-corrected chi connectivity index (χ2v) is 2.91. The molecule has 0 saturated carbocycles. The van der Waals surface area contributed by atoms with Gasteiger partial charge < -0.3 is 25.3 Å². The lowest BCUT2D eigenvalue weighted by atomic mass is 11.0. The van der Waals surface area contributed by atoms with Gasteiger partial charge in [0.2, 0.25) is 0 Å². The number of nitrogens with two attached hydrogens (primary N) is 1. The van der Waals surface area contributed by atoms with Gasteiger partial charge in [-0.05, 0) is 0 Å². The minimum atomic E-state index is -4.64. The van der Waals surface area contributed by atoms with E-state index >= 15 is 0 Å². The zero-order valence-electron chi connectivity index (χ0n) is 5.64. The smallest absolute Gasteiger partial charge is 0.370 e. The molecule has 7 nitrogen and oxygen atoms in total. The molecule has 6 N–H and O–H groups in total. The lowest BCUT2D eigenvalue weighted by molar-refractivity contribution is 0.275. The van der Waals surface area contributed by atoms with E-state index in [2.05, 4.69) is 0 Å². The van der Waals surface area contributed by atoms with Crippen LogP contribution < -0.4 is 5.73 Å². The molecular formula is C3H10N3O4P. The van der Waals surface area contributed by atoms with Crippen molar-refractivity contribution in [1.82, 2.24) is 4.90 Å². The van der Waals surface area contributed by atoms with Gasteiger partial charge in [0.25, 0.3) is 0 Å². The summed E-state index contributed by atoms with van der Waals surface area (Å²) in [6, 6.07) is 0. The van der Waals surface area contributed by atoms with Crippen LogP contribution in [-0.4, -0.2) is 38.6 Å². The Balaban J connectivity index is 0.000000187. The molecular weight excluding hydrogens is 173 g/mol. The molecule has 66 valence electrons.